The van der Waals surface area contributed by atoms with Gasteiger partial charge in [-0.3, -0.25) is 0 Å². The van der Waals surface area contributed by atoms with Gasteiger partial charge in [-0.05, 0) is 37.8 Å². The number of likely N-dealkylation sites (N-methyl/N-ethyl adjacent to an activating group) is 1. The second-order valence-corrected chi connectivity index (χ2v) is 6.42. The summed E-state index contributed by atoms with van der Waals surface area (Å²) in [7, 11) is 1.98. The van der Waals surface area contributed by atoms with E-state index in [-0.39, 0.29) is 18.0 Å². The summed E-state index contributed by atoms with van der Waals surface area (Å²) in [4.78, 5) is 2.08. The lowest BCUT2D eigenvalue weighted by atomic mass is 9.91. The zero-order valence-electron chi connectivity index (χ0n) is 12.7. The average molecular weight is 292 g/mol. The summed E-state index contributed by atoms with van der Waals surface area (Å²) in [5.41, 5.74) is 1.64. The van der Waals surface area contributed by atoms with E-state index in [2.05, 4.69) is 10.2 Å². The highest BCUT2D eigenvalue weighted by atomic mass is 19.1. The molecular weight excluding hydrogens is 267 g/mol. The van der Waals surface area contributed by atoms with E-state index in [9.17, 15) is 9.50 Å². The maximum Gasteiger partial charge on any atom is 0.129 e. The molecular formula is C17H25FN2O. The number of benzene rings is 1. The molecule has 3 rings (SSSR count). The van der Waals surface area contributed by atoms with Crippen molar-refractivity contribution in [3.63, 3.8) is 0 Å². The first-order valence-corrected chi connectivity index (χ1v) is 8.08. The predicted octanol–water partition coefficient (Wildman–Crippen LogP) is 2.82. The summed E-state index contributed by atoms with van der Waals surface area (Å²) in [6.45, 7) is 0.569. The first-order chi connectivity index (χ1) is 10.2. The highest BCUT2D eigenvalue weighted by Crippen LogP contribution is 2.30. The van der Waals surface area contributed by atoms with Crippen LogP contribution in [0.4, 0.5) is 10.1 Å². The van der Waals surface area contributed by atoms with Crippen LogP contribution < -0.4 is 10.2 Å². The molecule has 0 aromatic heterocycles. The van der Waals surface area contributed by atoms with E-state index in [1.54, 1.807) is 6.07 Å². The lowest BCUT2D eigenvalue weighted by Gasteiger charge is -2.37. The summed E-state index contributed by atoms with van der Waals surface area (Å²) in [6.07, 6.45) is 6.13. The first kappa shape index (κ1) is 14.8. The highest BCUT2D eigenvalue weighted by Gasteiger charge is 2.29. The molecule has 0 heterocycles. The normalized spacial score (nSPS) is 25.9. The Hall–Kier alpha value is -1.13. The smallest absolute Gasteiger partial charge is 0.129 e. The fraction of sp³-hybridized carbons (Fsp3) is 0.647. The van der Waals surface area contributed by atoms with Crippen molar-refractivity contribution in [2.45, 2.75) is 63.3 Å². The van der Waals surface area contributed by atoms with E-state index in [0.29, 0.717) is 12.6 Å². The molecule has 0 saturated heterocycles. The molecule has 2 aliphatic rings. The number of anilines is 1. The van der Waals surface area contributed by atoms with Crippen molar-refractivity contribution in [2.75, 3.05) is 11.9 Å². The van der Waals surface area contributed by atoms with Crippen LogP contribution >= 0.6 is 0 Å². The SMILES string of the molecule is CN(c1cccc(F)c1CNC1CC1)C1CCCCC1O. The number of aliphatic hydroxyl groups excluding tert-OH is 1. The Morgan fingerprint density at radius 1 is 1.24 bits per heavy atom. The average Bonchev–Trinajstić information content (AvgIpc) is 3.30. The molecule has 4 heteroatoms. The zero-order valence-corrected chi connectivity index (χ0v) is 12.7. The summed E-state index contributed by atoms with van der Waals surface area (Å²) < 4.78 is 14.2. The molecule has 0 spiro atoms. The van der Waals surface area contributed by atoms with E-state index in [1.165, 1.54) is 18.9 Å². The van der Waals surface area contributed by atoms with E-state index < -0.39 is 0 Å². The maximum absolute atomic E-state index is 14.2. The minimum absolute atomic E-state index is 0.0974. The van der Waals surface area contributed by atoms with Gasteiger partial charge in [0.05, 0.1) is 12.1 Å². The number of halogens is 1. The minimum atomic E-state index is -0.309. The molecule has 3 nitrogen and oxygen atoms in total. The molecule has 21 heavy (non-hydrogen) atoms. The monoisotopic (exact) mass is 292 g/mol. The van der Waals surface area contributed by atoms with Crippen LogP contribution in [0.15, 0.2) is 18.2 Å². The third kappa shape index (κ3) is 3.38. The third-order valence-electron chi connectivity index (χ3n) is 4.81. The summed E-state index contributed by atoms with van der Waals surface area (Å²) >= 11 is 0. The maximum atomic E-state index is 14.2. The Balaban J connectivity index is 1.80. The number of hydrogen-bond acceptors (Lipinski definition) is 3. The quantitative estimate of drug-likeness (QED) is 0.876. The molecule has 2 fully saturated rings. The molecule has 2 atom stereocenters. The molecule has 0 aliphatic heterocycles. The second kappa shape index (κ2) is 6.32. The van der Waals surface area contributed by atoms with Crippen LogP contribution in [0, 0.1) is 5.82 Å². The first-order valence-electron chi connectivity index (χ1n) is 8.08. The lowest BCUT2D eigenvalue weighted by molar-refractivity contribution is 0.106. The Kier molecular flexibility index (Phi) is 4.45. The van der Waals surface area contributed by atoms with Gasteiger partial charge in [0.2, 0.25) is 0 Å². The molecule has 1 aromatic carbocycles. The van der Waals surface area contributed by atoms with Crippen molar-refractivity contribution < 1.29 is 9.50 Å². The molecule has 2 aliphatic carbocycles. The summed E-state index contributed by atoms with van der Waals surface area (Å²) in [5, 5.41) is 13.6. The van der Waals surface area contributed by atoms with Gasteiger partial charge in [-0.25, -0.2) is 4.39 Å². The number of rotatable bonds is 5. The van der Waals surface area contributed by atoms with E-state index in [4.69, 9.17) is 0 Å². The Morgan fingerprint density at radius 2 is 2.00 bits per heavy atom. The fourth-order valence-electron chi connectivity index (χ4n) is 3.31. The molecule has 2 N–H and O–H groups in total. The van der Waals surface area contributed by atoms with E-state index in [0.717, 1.165) is 36.9 Å². The fourth-order valence-corrected chi connectivity index (χ4v) is 3.31. The molecule has 0 radical (unpaired) electrons. The molecule has 116 valence electrons. The van der Waals surface area contributed by atoms with Crippen LogP contribution in [0.2, 0.25) is 0 Å². The molecule has 2 saturated carbocycles. The van der Waals surface area contributed by atoms with Crippen LogP contribution in [-0.4, -0.2) is 30.3 Å². The molecule has 1 aromatic rings. The van der Waals surface area contributed by atoms with Crippen LogP contribution in [0.25, 0.3) is 0 Å². The van der Waals surface area contributed by atoms with Gasteiger partial charge in [0.25, 0.3) is 0 Å². The van der Waals surface area contributed by atoms with Crippen molar-refractivity contribution in [2.24, 2.45) is 0 Å². The van der Waals surface area contributed by atoms with Crippen molar-refractivity contribution in [1.82, 2.24) is 5.32 Å². The topological polar surface area (TPSA) is 35.5 Å². The van der Waals surface area contributed by atoms with E-state index in [1.807, 2.05) is 13.1 Å². The van der Waals surface area contributed by atoms with Crippen LogP contribution in [0.5, 0.6) is 0 Å². The van der Waals surface area contributed by atoms with Crippen molar-refractivity contribution >= 4 is 5.69 Å². The predicted molar refractivity (Wildman–Crippen MR) is 82.9 cm³/mol. The lowest BCUT2D eigenvalue weighted by Crippen LogP contribution is -2.44. The van der Waals surface area contributed by atoms with Gasteiger partial charge in [0.1, 0.15) is 5.82 Å². The molecule has 0 amide bonds. The number of nitrogens with one attached hydrogen (secondary N) is 1. The zero-order chi connectivity index (χ0) is 14.8. The van der Waals surface area contributed by atoms with Crippen LogP contribution in [0.1, 0.15) is 44.1 Å². The Bertz CT molecular complexity index is 490. The Morgan fingerprint density at radius 3 is 2.71 bits per heavy atom. The number of nitrogens with zero attached hydrogens (tertiary/aromatic N) is 1. The second-order valence-electron chi connectivity index (χ2n) is 6.42. The standard InChI is InChI=1S/C17H25FN2O/c1-20(16-6-2-3-8-17(16)21)15-7-4-5-14(18)13(15)11-19-12-9-10-12/h4-5,7,12,16-17,19,21H,2-3,6,8-11H2,1H3. The van der Waals surface area contributed by atoms with Gasteiger partial charge in [-0.1, -0.05) is 18.9 Å². The van der Waals surface area contributed by atoms with Gasteiger partial charge in [0.15, 0.2) is 0 Å². The summed E-state index contributed by atoms with van der Waals surface area (Å²) in [5.74, 6) is -0.155. The van der Waals surface area contributed by atoms with Gasteiger partial charge in [0, 0.05) is 30.9 Å². The van der Waals surface area contributed by atoms with Gasteiger partial charge < -0.3 is 15.3 Å². The van der Waals surface area contributed by atoms with Crippen molar-refractivity contribution in [3.05, 3.63) is 29.6 Å². The largest absolute Gasteiger partial charge is 0.391 e. The van der Waals surface area contributed by atoms with Gasteiger partial charge in [-0.2, -0.15) is 0 Å². The highest BCUT2D eigenvalue weighted by molar-refractivity contribution is 5.54. The van der Waals surface area contributed by atoms with Gasteiger partial charge >= 0.3 is 0 Å². The number of hydrogen-bond donors (Lipinski definition) is 2. The van der Waals surface area contributed by atoms with Crippen LogP contribution in [-0.2, 0) is 6.54 Å². The molecule has 0 bridgehead atoms. The Labute approximate surface area is 126 Å². The van der Waals surface area contributed by atoms with Crippen molar-refractivity contribution in [3.8, 4) is 0 Å². The van der Waals surface area contributed by atoms with Crippen molar-refractivity contribution in [1.29, 1.82) is 0 Å². The molecule has 2 unspecified atom stereocenters. The minimum Gasteiger partial charge on any atom is -0.391 e. The number of aliphatic hydroxyl groups is 1. The van der Waals surface area contributed by atoms with Crippen LogP contribution in [0.3, 0.4) is 0 Å². The summed E-state index contributed by atoms with van der Waals surface area (Å²) in [6, 6.07) is 5.91. The van der Waals surface area contributed by atoms with Gasteiger partial charge in [-0.15, -0.1) is 0 Å². The third-order valence-corrected chi connectivity index (χ3v) is 4.81. The van der Waals surface area contributed by atoms with E-state index >= 15 is 0 Å².